The summed E-state index contributed by atoms with van der Waals surface area (Å²) < 4.78 is 6.34. The van der Waals surface area contributed by atoms with Gasteiger partial charge in [-0.05, 0) is 62.6 Å². The number of aliphatic hydroxyl groups is 3. The van der Waals surface area contributed by atoms with Gasteiger partial charge in [-0.3, -0.25) is 0 Å². The summed E-state index contributed by atoms with van der Waals surface area (Å²) in [5.41, 5.74) is 1.51. The zero-order valence-corrected chi connectivity index (χ0v) is 26.2. The molecule has 0 spiro atoms. The summed E-state index contributed by atoms with van der Waals surface area (Å²) >= 11 is 0. The molecule has 1 aromatic rings. The molecule has 4 rings (SSSR count). The van der Waals surface area contributed by atoms with Crippen molar-refractivity contribution in [3.8, 4) is 5.75 Å². The van der Waals surface area contributed by atoms with E-state index in [9.17, 15) is 25.2 Å². The molecule has 6 heteroatoms. The smallest absolute Gasteiger partial charge is 0.331 e. The Labute approximate surface area is 256 Å². The number of carbonyl (C=O) groups is 1. The van der Waals surface area contributed by atoms with Crippen LogP contribution in [0.5, 0.6) is 5.75 Å². The number of hydrogen-bond acceptors (Lipinski definition) is 6. The SMILES string of the molecule is CC1=C[C@@H]2[C@@H]([C@H]3[C@@H]1\C=C/C=C/C=C\[C@@H](O)[C@H](C)[C@H](O)C/C=C(C)/C=C/C(=O)O[C@H]3c1ccc(O)cc1)C(C)(C)C[C@@]2(C)O. The molecule has 0 bridgehead atoms. The maximum atomic E-state index is 13.4. The number of aliphatic hydroxyl groups excluding tert-OH is 2. The van der Waals surface area contributed by atoms with Crippen molar-refractivity contribution < 1.29 is 30.0 Å². The van der Waals surface area contributed by atoms with E-state index in [1.165, 1.54) is 6.08 Å². The molecule has 0 aromatic heterocycles. The first-order valence-electron chi connectivity index (χ1n) is 15.3. The quantitative estimate of drug-likeness (QED) is 0.220. The average molecular weight is 589 g/mol. The molecular formula is C37H48O6. The van der Waals surface area contributed by atoms with E-state index in [0.29, 0.717) is 12.8 Å². The third kappa shape index (κ3) is 7.49. The number of benzene rings is 1. The van der Waals surface area contributed by atoms with Crippen molar-refractivity contribution in [2.45, 2.75) is 78.3 Å². The molecule has 43 heavy (non-hydrogen) atoms. The van der Waals surface area contributed by atoms with E-state index in [1.807, 2.05) is 38.2 Å². The molecule has 2 aliphatic carbocycles. The van der Waals surface area contributed by atoms with Crippen molar-refractivity contribution in [3.05, 3.63) is 102 Å². The topological polar surface area (TPSA) is 107 Å². The summed E-state index contributed by atoms with van der Waals surface area (Å²) in [5, 5.41) is 42.8. The molecule has 0 amide bonds. The fourth-order valence-electron chi connectivity index (χ4n) is 7.53. The minimum atomic E-state index is -0.910. The lowest BCUT2D eigenvalue weighted by Gasteiger charge is -2.47. The van der Waals surface area contributed by atoms with Gasteiger partial charge in [0.1, 0.15) is 11.9 Å². The van der Waals surface area contributed by atoms with E-state index in [-0.39, 0.29) is 40.8 Å². The van der Waals surface area contributed by atoms with Crippen LogP contribution in [-0.2, 0) is 9.53 Å². The number of phenolic OH excluding ortho intramolecular Hbond substituents is 1. The van der Waals surface area contributed by atoms with Gasteiger partial charge in [-0.25, -0.2) is 4.79 Å². The fraction of sp³-hybridized carbons (Fsp3) is 0.486. The molecule has 232 valence electrons. The summed E-state index contributed by atoms with van der Waals surface area (Å²) in [6.45, 7) is 12.0. The highest BCUT2D eigenvalue weighted by Gasteiger charge is 2.60. The Balaban J connectivity index is 1.85. The van der Waals surface area contributed by atoms with Gasteiger partial charge < -0.3 is 25.2 Å². The number of hydrogen-bond donors (Lipinski definition) is 4. The Morgan fingerprint density at radius 1 is 0.930 bits per heavy atom. The van der Waals surface area contributed by atoms with Crippen LogP contribution in [0.4, 0.5) is 0 Å². The largest absolute Gasteiger partial charge is 0.508 e. The molecule has 0 unspecified atom stereocenters. The predicted octanol–water partition coefficient (Wildman–Crippen LogP) is 6.51. The molecule has 1 aliphatic heterocycles. The Bertz CT molecular complexity index is 1330. The standard InChI is InChI=1S/C37H48O6/c1-23-13-19-31(40)25(3)30(39)12-10-8-7-9-11-28-24(2)21-29-34(36(4,5)22-37(29,6)42)33(28)35(43-32(41)20-14-23)26-15-17-27(38)18-16-26/h7-18,20-21,25,28-31,33-35,38-40,42H,19,22H2,1-6H3/b8-7+,11-9-,12-10-,20-14+,23-13+/t25-,28+,29+,30+,31+,33+,34-,35-,37+/m0/s1. The van der Waals surface area contributed by atoms with Gasteiger partial charge in [0.2, 0.25) is 0 Å². The molecule has 3 aliphatic rings. The Morgan fingerprint density at radius 3 is 2.26 bits per heavy atom. The van der Waals surface area contributed by atoms with Crippen LogP contribution < -0.4 is 0 Å². The number of fused-ring (bicyclic) bond motifs is 3. The number of rotatable bonds is 1. The summed E-state index contributed by atoms with van der Waals surface area (Å²) in [7, 11) is 0. The lowest BCUT2D eigenvalue weighted by Crippen LogP contribution is -2.44. The second-order valence-corrected chi connectivity index (χ2v) is 13.6. The Hall–Kier alpha value is -3.19. The summed E-state index contributed by atoms with van der Waals surface area (Å²) in [5.74, 6) is -1.15. The number of phenols is 1. The highest BCUT2D eigenvalue weighted by molar-refractivity contribution is 5.82. The molecule has 0 radical (unpaired) electrons. The number of aromatic hydroxyl groups is 1. The minimum Gasteiger partial charge on any atom is -0.508 e. The third-order valence-corrected chi connectivity index (χ3v) is 9.70. The van der Waals surface area contributed by atoms with E-state index >= 15 is 0 Å². The zero-order valence-electron chi connectivity index (χ0n) is 26.2. The first kappa shape index (κ1) is 32.7. The van der Waals surface area contributed by atoms with E-state index in [4.69, 9.17) is 4.74 Å². The van der Waals surface area contributed by atoms with Gasteiger partial charge in [-0.1, -0.05) is 98.7 Å². The third-order valence-electron chi connectivity index (χ3n) is 9.70. The maximum Gasteiger partial charge on any atom is 0.331 e. The number of esters is 1. The van der Waals surface area contributed by atoms with Crippen molar-refractivity contribution in [2.75, 3.05) is 0 Å². The predicted molar refractivity (Wildman–Crippen MR) is 170 cm³/mol. The van der Waals surface area contributed by atoms with E-state index in [1.54, 1.807) is 49.4 Å². The van der Waals surface area contributed by atoms with Crippen molar-refractivity contribution in [1.82, 2.24) is 0 Å². The molecule has 0 saturated heterocycles. The minimum absolute atomic E-state index is 0.00540. The zero-order chi connectivity index (χ0) is 31.5. The van der Waals surface area contributed by atoms with Gasteiger partial charge in [0.15, 0.2) is 0 Å². The molecule has 1 heterocycles. The van der Waals surface area contributed by atoms with Gasteiger partial charge in [0.25, 0.3) is 0 Å². The van der Waals surface area contributed by atoms with Gasteiger partial charge >= 0.3 is 5.97 Å². The van der Waals surface area contributed by atoms with Crippen LogP contribution in [0, 0.1) is 35.0 Å². The number of allylic oxidation sites excluding steroid dienone is 8. The molecule has 9 atom stereocenters. The van der Waals surface area contributed by atoms with Crippen LogP contribution in [0.25, 0.3) is 0 Å². The number of carbonyl (C=O) groups excluding carboxylic acids is 1. The van der Waals surface area contributed by atoms with Gasteiger partial charge in [0, 0.05) is 29.7 Å². The normalized spacial score (nSPS) is 41.0. The average Bonchev–Trinajstić information content (AvgIpc) is 3.13. The first-order chi connectivity index (χ1) is 20.2. The van der Waals surface area contributed by atoms with Gasteiger partial charge in [-0.15, -0.1) is 0 Å². The highest BCUT2D eigenvalue weighted by atomic mass is 16.5. The van der Waals surface area contributed by atoms with Gasteiger partial charge in [-0.2, -0.15) is 0 Å². The lowest BCUT2D eigenvalue weighted by molar-refractivity contribution is -0.150. The van der Waals surface area contributed by atoms with Crippen LogP contribution in [0.3, 0.4) is 0 Å². The molecular weight excluding hydrogens is 540 g/mol. The van der Waals surface area contributed by atoms with E-state index in [2.05, 4.69) is 32.9 Å². The summed E-state index contributed by atoms with van der Waals surface area (Å²) in [6, 6.07) is 6.83. The Kier molecular flexibility index (Phi) is 10.1. The summed E-state index contributed by atoms with van der Waals surface area (Å²) in [4.78, 5) is 13.4. The van der Waals surface area contributed by atoms with Crippen LogP contribution >= 0.6 is 0 Å². The number of ether oxygens (including phenoxy) is 1. The van der Waals surface area contributed by atoms with E-state index in [0.717, 1.165) is 16.7 Å². The second-order valence-electron chi connectivity index (χ2n) is 13.6. The molecule has 1 saturated carbocycles. The fourth-order valence-corrected chi connectivity index (χ4v) is 7.53. The van der Waals surface area contributed by atoms with Crippen LogP contribution in [0.2, 0.25) is 0 Å². The molecule has 6 nitrogen and oxygen atoms in total. The summed E-state index contributed by atoms with van der Waals surface area (Å²) in [6.07, 6.45) is 17.2. The van der Waals surface area contributed by atoms with Gasteiger partial charge in [0.05, 0.1) is 17.8 Å². The lowest BCUT2D eigenvalue weighted by atomic mass is 9.59. The molecule has 1 aromatic carbocycles. The van der Waals surface area contributed by atoms with E-state index < -0.39 is 29.9 Å². The first-order valence-corrected chi connectivity index (χ1v) is 15.3. The van der Waals surface area contributed by atoms with Crippen LogP contribution in [-0.4, -0.2) is 44.2 Å². The van der Waals surface area contributed by atoms with Crippen molar-refractivity contribution in [1.29, 1.82) is 0 Å². The van der Waals surface area contributed by atoms with Crippen LogP contribution in [0.15, 0.2) is 96.2 Å². The second kappa shape index (κ2) is 13.2. The van der Waals surface area contributed by atoms with Crippen molar-refractivity contribution >= 4 is 5.97 Å². The monoisotopic (exact) mass is 588 g/mol. The maximum absolute atomic E-state index is 13.4. The van der Waals surface area contributed by atoms with Crippen molar-refractivity contribution in [3.63, 3.8) is 0 Å². The van der Waals surface area contributed by atoms with Crippen molar-refractivity contribution in [2.24, 2.45) is 35.0 Å². The molecule has 4 N–H and O–H groups in total. The Morgan fingerprint density at radius 2 is 1.58 bits per heavy atom. The molecule has 1 fully saturated rings. The number of cyclic esters (lactones) is 1. The van der Waals surface area contributed by atoms with Crippen LogP contribution in [0.1, 0.15) is 66.1 Å². The highest BCUT2D eigenvalue weighted by Crippen LogP contribution is 2.62.